The average molecular weight is 515 g/mol. The molecule has 1 rings (SSSR count). The Labute approximate surface area is 187 Å². The smallest absolute Gasteiger partial charge is 0.191 e. The molecule has 0 amide bonds. The van der Waals surface area contributed by atoms with Crippen molar-refractivity contribution in [3.63, 3.8) is 0 Å². The molecule has 0 radical (unpaired) electrons. The second-order valence-corrected chi connectivity index (χ2v) is 9.64. The van der Waals surface area contributed by atoms with Gasteiger partial charge in [0.15, 0.2) is 5.96 Å². The molecule has 1 aliphatic rings. The highest BCUT2D eigenvalue weighted by Crippen LogP contribution is 2.23. The first-order valence-electron chi connectivity index (χ1n) is 10.6. The zero-order valence-corrected chi connectivity index (χ0v) is 21.1. The van der Waals surface area contributed by atoms with E-state index < -0.39 is 10.8 Å². The molecule has 0 aromatic heterocycles. The molecular weight excluding hydrogens is 471 g/mol. The molecule has 0 aromatic carbocycles. The van der Waals surface area contributed by atoms with Gasteiger partial charge in [0.1, 0.15) is 0 Å². The van der Waals surface area contributed by atoms with Gasteiger partial charge >= 0.3 is 0 Å². The lowest BCUT2D eigenvalue weighted by Gasteiger charge is -2.30. The van der Waals surface area contributed by atoms with E-state index in [-0.39, 0.29) is 24.0 Å². The van der Waals surface area contributed by atoms with Gasteiger partial charge in [-0.25, -0.2) is 0 Å². The van der Waals surface area contributed by atoms with E-state index in [1.165, 1.54) is 38.6 Å². The lowest BCUT2D eigenvalue weighted by molar-refractivity contribution is 0.390. The van der Waals surface area contributed by atoms with E-state index in [0.29, 0.717) is 11.3 Å². The highest BCUT2D eigenvalue weighted by atomic mass is 127. The molecule has 3 unspecified atom stereocenters. The fraction of sp³-hybridized carbons (Fsp3) is 0.950. The average Bonchev–Trinajstić information content (AvgIpc) is 2.63. The van der Waals surface area contributed by atoms with Crippen molar-refractivity contribution in [3.05, 3.63) is 0 Å². The Bertz CT molecular complexity index is 421. The summed E-state index contributed by atoms with van der Waals surface area (Å²) >= 11 is 0. The molecule has 0 saturated heterocycles. The topological polar surface area (TPSA) is 56.7 Å². The molecule has 1 fully saturated rings. The van der Waals surface area contributed by atoms with Crippen LogP contribution in [-0.4, -0.2) is 65.8 Å². The molecule has 0 aliphatic heterocycles. The minimum atomic E-state index is -0.670. The van der Waals surface area contributed by atoms with E-state index in [1.807, 2.05) is 6.92 Å². The fourth-order valence-corrected chi connectivity index (χ4v) is 4.87. The summed E-state index contributed by atoms with van der Waals surface area (Å²) < 4.78 is 12.1. The number of hydrogen-bond donors (Lipinski definition) is 2. The van der Waals surface area contributed by atoms with E-state index in [2.05, 4.69) is 36.6 Å². The van der Waals surface area contributed by atoms with E-state index in [0.717, 1.165) is 50.5 Å². The molecular formula is C20H43IN4OS. The fourth-order valence-electron chi connectivity index (χ4n) is 3.52. The highest BCUT2D eigenvalue weighted by Gasteiger charge is 2.25. The van der Waals surface area contributed by atoms with Crippen molar-refractivity contribution in [2.45, 2.75) is 82.9 Å². The molecule has 3 atom stereocenters. The van der Waals surface area contributed by atoms with Crippen LogP contribution in [0.4, 0.5) is 0 Å². The van der Waals surface area contributed by atoms with Crippen LogP contribution in [0.5, 0.6) is 0 Å². The van der Waals surface area contributed by atoms with Gasteiger partial charge in [-0.05, 0) is 59.7 Å². The Hall–Kier alpha value is 0.110. The van der Waals surface area contributed by atoms with Gasteiger partial charge in [-0.2, -0.15) is 0 Å². The summed E-state index contributed by atoms with van der Waals surface area (Å²) in [6.45, 7) is 7.10. The molecule has 1 saturated carbocycles. The molecule has 0 bridgehead atoms. The van der Waals surface area contributed by atoms with Crippen molar-refractivity contribution in [1.82, 2.24) is 15.5 Å². The quantitative estimate of drug-likeness (QED) is 0.180. The monoisotopic (exact) mass is 514 g/mol. The Morgan fingerprint density at radius 3 is 2.48 bits per heavy atom. The molecule has 0 aromatic rings. The van der Waals surface area contributed by atoms with E-state index in [9.17, 15) is 4.21 Å². The number of guanidine groups is 1. The maximum Gasteiger partial charge on any atom is 0.191 e. The number of nitrogens with zero attached hydrogens (tertiary/aromatic N) is 2. The van der Waals surface area contributed by atoms with Crippen LogP contribution in [0.15, 0.2) is 4.99 Å². The molecule has 7 heteroatoms. The molecule has 27 heavy (non-hydrogen) atoms. The Kier molecular flexibility index (Phi) is 17.1. The zero-order chi connectivity index (χ0) is 19.2. The summed E-state index contributed by atoms with van der Waals surface area (Å²) in [5.41, 5.74) is 0. The van der Waals surface area contributed by atoms with Crippen molar-refractivity contribution >= 4 is 40.7 Å². The summed E-state index contributed by atoms with van der Waals surface area (Å²) in [6.07, 6.45) is 10.8. The lowest BCUT2D eigenvalue weighted by Crippen LogP contribution is -2.46. The number of hydrogen-bond acceptors (Lipinski definition) is 3. The minimum Gasteiger partial charge on any atom is -0.357 e. The maximum absolute atomic E-state index is 12.1. The Morgan fingerprint density at radius 2 is 1.81 bits per heavy atom. The minimum absolute atomic E-state index is 0. The molecule has 1 aliphatic carbocycles. The molecule has 2 N–H and O–H groups in total. The Morgan fingerprint density at radius 1 is 1.11 bits per heavy atom. The molecule has 162 valence electrons. The van der Waals surface area contributed by atoms with Crippen LogP contribution in [0.1, 0.15) is 71.6 Å². The third-order valence-electron chi connectivity index (χ3n) is 5.00. The second-order valence-electron chi connectivity index (χ2n) is 7.63. The molecule has 0 heterocycles. The van der Waals surface area contributed by atoms with E-state index in [4.69, 9.17) is 4.99 Å². The zero-order valence-electron chi connectivity index (χ0n) is 18.0. The van der Waals surface area contributed by atoms with Gasteiger partial charge in [-0.15, -0.1) is 24.0 Å². The first kappa shape index (κ1) is 27.1. The van der Waals surface area contributed by atoms with Gasteiger partial charge in [0.25, 0.3) is 0 Å². The normalized spacial score (nSPS) is 21.6. The van der Waals surface area contributed by atoms with Crippen molar-refractivity contribution in [1.29, 1.82) is 0 Å². The molecule has 0 spiro atoms. The first-order valence-corrected chi connectivity index (χ1v) is 12.0. The van der Waals surface area contributed by atoms with Crippen LogP contribution in [-0.2, 0) is 10.8 Å². The third-order valence-corrected chi connectivity index (χ3v) is 6.74. The summed E-state index contributed by atoms with van der Waals surface area (Å²) in [5, 5.41) is 7.32. The number of aliphatic imine (C=N–C) groups is 1. The maximum atomic E-state index is 12.1. The predicted molar refractivity (Wildman–Crippen MR) is 131 cm³/mol. The Balaban J connectivity index is 0.00000676. The standard InChI is InChI=1S/C20H42N4OS.HI/c1-5-21-20(22-15-10-8-7-9-11-16-24(3)4)23-18-13-12-14-19(17-18)26(25)6-2;/h18-19H,5-17H2,1-4H3,(H2,21,22,23);1H. The van der Waals surface area contributed by atoms with Crippen LogP contribution < -0.4 is 10.6 Å². The van der Waals surface area contributed by atoms with Crippen LogP contribution in [0.25, 0.3) is 0 Å². The van der Waals surface area contributed by atoms with E-state index in [1.54, 1.807) is 0 Å². The van der Waals surface area contributed by atoms with Crippen molar-refractivity contribution in [3.8, 4) is 0 Å². The third kappa shape index (κ3) is 13.0. The molecule has 5 nitrogen and oxygen atoms in total. The summed E-state index contributed by atoms with van der Waals surface area (Å²) in [5.74, 6) is 1.72. The van der Waals surface area contributed by atoms with Gasteiger partial charge in [0, 0.05) is 40.9 Å². The highest BCUT2D eigenvalue weighted by molar-refractivity contribution is 14.0. The van der Waals surface area contributed by atoms with Crippen LogP contribution in [0.2, 0.25) is 0 Å². The van der Waals surface area contributed by atoms with Crippen LogP contribution in [0.3, 0.4) is 0 Å². The van der Waals surface area contributed by atoms with Gasteiger partial charge < -0.3 is 15.5 Å². The van der Waals surface area contributed by atoms with Gasteiger partial charge in [0.2, 0.25) is 0 Å². The second kappa shape index (κ2) is 17.0. The van der Waals surface area contributed by atoms with Crippen molar-refractivity contribution < 1.29 is 4.21 Å². The largest absolute Gasteiger partial charge is 0.357 e. The summed E-state index contributed by atoms with van der Waals surface area (Å²) in [7, 11) is 3.60. The van der Waals surface area contributed by atoms with Gasteiger partial charge in [-0.1, -0.05) is 32.6 Å². The van der Waals surface area contributed by atoms with E-state index >= 15 is 0 Å². The summed E-state index contributed by atoms with van der Waals surface area (Å²) in [6, 6.07) is 0.410. The van der Waals surface area contributed by atoms with Gasteiger partial charge in [-0.3, -0.25) is 9.20 Å². The van der Waals surface area contributed by atoms with Crippen LogP contribution in [0, 0.1) is 0 Å². The first-order chi connectivity index (χ1) is 12.6. The van der Waals surface area contributed by atoms with Gasteiger partial charge in [0.05, 0.1) is 0 Å². The number of rotatable bonds is 12. The number of nitrogens with one attached hydrogen (secondary N) is 2. The lowest BCUT2D eigenvalue weighted by atomic mass is 9.95. The summed E-state index contributed by atoms with van der Waals surface area (Å²) in [4.78, 5) is 7.01. The van der Waals surface area contributed by atoms with Crippen LogP contribution >= 0.6 is 24.0 Å². The SMILES string of the molecule is CCNC(=NCCCCCCCN(C)C)NC1CCCC(S(=O)CC)C1.I. The van der Waals surface area contributed by atoms with Crippen molar-refractivity contribution in [2.24, 2.45) is 4.99 Å². The number of halogens is 1. The predicted octanol–water partition coefficient (Wildman–Crippen LogP) is 3.75. The van der Waals surface area contributed by atoms with Crippen molar-refractivity contribution in [2.75, 3.05) is 39.5 Å². The number of unbranched alkanes of at least 4 members (excludes halogenated alkanes) is 4.